The number of aromatic nitrogens is 3. The Labute approximate surface area is 117 Å². The third-order valence-corrected chi connectivity index (χ3v) is 4.58. The van der Waals surface area contributed by atoms with Crippen molar-refractivity contribution in [3.63, 3.8) is 0 Å². The molecule has 0 radical (unpaired) electrons. The summed E-state index contributed by atoms with van der Waals surface area (Å²) in [6.07, 6.45) is 4.43. The summed E-state index contributed by atoms with van der Waals surface area (Å²) >= 11 is 0. The second-order valence-electron chi connectivity index (χ2n) is 5.13. The van der Waals surface area contributed by atoms with Gasteiger partial charge in [0.25, 0.3) is 0 Å². The summed E-state index contributed by atoms with van der Waals surface area (Å²) in [5, 5.41) is 16.3. The van der Waals surface area contributed by atoms with E-state index in [4.69, 9.17) is 5.11 Å². The number of carboxylic acid groups (broad SMARTS) is 1. The standard InChI is InChI=1S/C11H18N4O4S/c1-20(18,19)15-4-2-3-9(7-15)6-14-8-10(12-13-14)5-11(16)17/h8-9H,2-7H2,1H3,(H,16,17). The molecule has 2 rings (SSSR count). The number of carboxylic acids is 1. The van der Waals surface area contributed by atoms with Gasteiger partial charge in [0.2, 0.25) is 10.0 Å². The van der Waals surface area contributed by atoms with Gasteiger partial charge < -0.3 is 5.11 Å². The fourth-order valence-electron chi connectivity index (χ4n) is 2.41. The van der Waals surface area contributed by atoms with Crippen molar-refractivity contribution in [2.45, 2.75) is 25.8 Å². The molecular weight excluding hydrogens is 284 g/mol. The molecule has 0 amide bonds. The predicted molar refractivity (Wildman–Crippen MR) is 70.5 cm³/mol. The quantitative estimate of drug-likeness (QED) is 0.791. The second kappa shape index (κ2) is 5.88. The lowest BCUT2D eigenvalue weighted by molar-refractivity contribution is -0.136. The minimum Gasteiger partial charge on any atom is -0.481 e. The maximum absolute atomic E-state index is 11.5. The Morgan fingerprint density at radius 1 is 1.55 bits per heavy atom. The molecule has 2 heterocycles. The van der Waals surface area contributed by atoms with Crippen molar-refractivity contribution in [2.75, 3.05) is 19.3 Å². The third kappa shape index (κ3) is 4.01. The van der Waals surface area contributed by atoms with Gasteiger partial charge in [-0.25, -0.2) is 12.7 Å². The molecule has 0 spiro atoms. The largest absolute Gasteiger partial charge is 0.481 e. The normalized spacial score (nSPS) is 20.9. The Morgan fingerprint density at radius 2 is 2.30 bits per heavy atom. The Morgan fingerprint density at radius 3 is 2.95 bits per heavy atom. The van der Waals surface area contributed by atoms with E-state index in [1.54, 1.807) is 10.9 Å². The fraction of sp³-hybridized carbons (Fsp3) is 0.727. The Kier molecular flexibility index (Phi) is 4.39. The molecule has 1 unspecified atom stereocenters. The van der Waals surface area contributed by atoms with Crippen molar-refractivity contribution in [3.05, 3.63) is 11.9 Å². The zero-order valence-corrected chi connectivity index (χ0v) is 12.1. The van der Waals surface area contributed by atoms with E-state index in [9.17, 15) is 13.2 Å². The third-order valence-electron chi connectivity index (χ3n) is 3.31. The number of aliphatic carboxylic acids is 1. The van der Waals surface area contributed by atoms with Crippen molar-refractivity contribution < 1.29 is 18.3 Å². The van der Waals surface area contributed by atoms with E-state index < -0.39 is 16.0 Å². The van der Waals surface area contributed by atoms with E-state index >= 15 is 0 Å². The molecular formula is C11H18N4O4S. The fourth-order valence-corrected chi connectivity index (χ4v) is 3.35. The van der Waals surface area contributed by atoms with Crippen LogP contribution in [0.4, 0.5) is 0 Å². The van der Waals surface area contributed by atoms with Crippen LogP contribution in [0.2, 0.25) is 0 Å². The van der Waals surface area contributed by atoms with Gasteiger partial charge in [-0.2, -0.15) is 0 Å². The molecule has 20 heavy (non-hydrogen) atoms. The van der Waals surface area contributed by atoms with Crippen LogP contribution in [0.25, 0.3) is 0 Å². The lowest BCUT2D eigenvalue weighted by Gasteiger charge is -2.30. The number of rotatable bonds is 5. The summed E-state index contributed by atoms with van der Waals surface area (Å²) in [7, 11) is -3.15. The highest BCUT2D eigenvalue weighted by Gasteiger charge is 2.26. The van der Waals surface area contributed by atoms with E-state index in [-0.39, 0.29) is 12.3 Å². The number of nitrogens with zero attached hydrogens (tertiary/aromatic N) is 4. The molecule has 1 atom stereocenters. The van der Waals surface area contributed by atoms with Crippen molar-refractivity contribution in [1.82, 2.24) is 19.3 Å². The van der Waals surface area contributed by atoms with Crippen molar-refractivity contribution >= 4 is 16.0 Å². The molecule has 1 aliphatic rings. The van der Waals surface area contributed by atoms with Crippen molar-refractivity contribution in [1.29, 1.82) is 0 Å². The monoisotopic (exact) mass is 302 g/mol. The maximum Gasteiger partial charge on any atom is 0.309 e. The summed E-state index contributed by atoms with van der Waals surface area (Å²) in [5.74, 6) is -0.768. The second-order valence-corrected chi connectivity index (χ2v) is 7.11. The van der Waals surface area contributed by atoms with Crippen LogP contribution >= 0.6 is 0 Å². The van der Waals surface area contributed by atoms with Crippen molar-refractivity contribution in [2.24, 2.45) is 5.92 Å². The summed E-state index contributed by atoms with van der Waals surface area (Å²) in [6.45, 7) is 1.60. The van der Waals surface area contributed by atoms with E-state index in [0.29, 0.717) is 25.3 Å². The van der Waals surface area contributed by atoms with Crippen LogP contribution in [0.3, 0.4) is 0 Å². The number of hydrogen-bond acceptors (Lipinski definition) is 5. The van der Waals surface area contributed by atoms with Gasteiger partial charge in [0, 0.05) is 25.8 Å². The molecule has 0 saturated carbocycles. The van der Waals surface area contributed by atoms with Gasteiger partial charge in [0.05, 0.1) is 18.4 Å². The van der Waals surface area contributed by atoms with Crippen LogP contribution in [0.15, 0.2) is 6.20 Å². The van der Waals surface area contributed by atoms with Crippen LogP contribution in [-0.2, 0) is 27.8 Å². The molecule has 1 fully saturated rings. The molecule has 1 aromatic rings. The average molecular weight is 302 g/mol. The van der Waals surface area contributed by atoms with Crippen LogP contribution in [0.1, 0.15) is 18.5 Å². The van der Waals surface area contributed by atoms with Gasteiger partial charge in [0.15, 0.2) is 0 Å². The first-order valence-corrected chi connectivity index (χ1v) is 8.25. The minimum atomic E-state index is -3.15. The lowest BCUT2D eigenvalue weighted by atomic mass is 10.00. The number of piperidine rings is 1. The van der Waals surface area contributed by atoms with Gasteiger partial charge >= 0.3 is 5.97 Å². The van der Waals surface area contributed by atoms with Gasteiger partial charge in [-0.15, -0.1) is 5.10 Å². The molecule has 1 aromatic heterocycles. The van der Waals surface area contributed by atoms with E-state index in [1.807, 2.05) is 0 Å². The van der Waals surface area contributed by atoms with Crippen LogP contribution in [0, 0.1) is 5.92 Å². The van der Waals surface area contributed by atoms with E-state index in [0.717, 1.165) is 12.8 Å². The average Bonchev–Trinajstić information content (AvgIpc) is 2.75. The molecule has 0 aliphatic carbocycles. The van der Waals surface area contributed by atoms with Crippen LogP contribution in [0.5, 0.6) is 0 Å². The predicted octanol–water partition coefficient (Wildman–Crippen LogP) is -0.423. The summed E-state index contributed by atoms with van der Waals surface area (Å²) in [5.41, 5.74) is 0.410. The zero-order chi connectivity index (χ0) is 14.8. The SMILES string of the molecule is CS(=O)(=O)N1CCCC(Cn2cc(CC(=O)O)nn2)C1. The highest BCUT2D eigenvalue weighted by Crippen LogP contribution is 2.20. The lowest BCUT2D eigenvalue weighted by Crippen LogP contribution is -2.40. The van der Waals surface area contributed by atoms with Gasteiger partial charge in [-0.05, 0) is 18.8 Å². The van der Waals surface area contributed by atoms with Gasteiger partial charge in [-0.1, -0.05) is 5.21 Å². The van der Waals surface area contributed by atoms with E-state index in [2.05, 4.69) is 10.3 Å². The maximum atomic E-state index is 11.5. The number of carbonyl (C=O) groups is 1. The first-order valence-electron chi connectivity index (χ1n) is 6.40. The summed E-state index contributed by atoms with van der Waals surface area (Å²) in [6, 6.07) is 0. The molecule has 112 valence electrons. The Balaban J connectivity index is 1.96. The van der Waals surface area contributed by atoms with Crippen molar-refractivity contribution in [3.8, 4) is 0 Å². The summed E-state index contributed by atoms with van der Waals surface area (Å²) in [4.78, 5) is 10.6. The Hall–Kier alpha value is -1.48. The topological polar surface area (TPSA) is 105 Å². The molecule has 0 aromatic carbocycles. The first-order chi connectivity index (χ1) is 9.34. The molecule has 1 aliphatic heterocycles. The highest BCUT2D eigenvalue weighted by atomic mass is 32.2. The van der Waals surface area contributed by atoms with Gasteiger partial charge in [0.1, 0.15) is 0 Å². The van der Waals surface area contributed by atoms with E-state index in [1.165, 1.54) is 10.6 Å². The minimum absolute atomic E-state index is 0.153. The zero-order valence-electron chi connectivity index (χ0n) is 11.3. The van der Waals surface area contributed by atoms with Crippen LogP contribution < -0.4 is 0 Å². The smallest absolute Gasteiger partial charge is 0.309 e. The number of hydrogen-bond donors (Lipinski definition) is 1. The molecule has 0 bridgehead atoms. The molecule has 9 heteroatoms. The summed E-state index contributed by atoms with van der Waals surface area (Å²) < 4.78 is 26.1. The first kappa shape index (κ1) is 14.9. The molecule has 1 saturated heterocycles. The van der Waals surface area contributed by atoms with Crippen LogP contribution in [-0.4, -0.2) is 58.1 Å². The number of sulfonamides is 1. The Bertz CT molecular complexity index is 583. The highest BCUT2D eigenvalue weighted by molar-refractivity contribution is 7.88. The van der Waals surface area contributed by atoms with Gasteiger partial charge in [-0.3, -0.25) is 9.48 Å². The molecule has 1 N–H and O–H groups in total. The molecule has 8 nitrogen and oxygen atoms in total.